The Hall–Kier alpha value is -3.13. The maximum absolute atomic E-state index is 14.3. The van der Waals surface area contributed by atoms with Crippen LogP contribution in [0.5, 0.6) is 5.75 Å². The predicted molar refractivity (Wildman–Crippen MR) is 141 cm³/mol. The summed E-state index contributed by atoms with van der Waals surface area (Å²) in [6.07, 6.45) is 4.00. The number of rotatable bonds is 7. The molecule has 1 N–H and O–H groups in total. The van der Waals surface area contributed by atoms with Crippen molar-refractivity contribution in [2.45, 2.75) is 25.7 Å². The van der Waals surface area contributed by atoms with Gasteiger partial charge in [-0.25, -0.2) is 4.39 Å². The van der Waals surface area contributed by atoms with Crippen LogP contribution in [0.1, 0.15) is 30.5 Å². The summed E-state index contributed by atoms with van der Waals surface area (Å²) in [7, 11) is 1.64. The Morgan fingerprint density at radius 3 is 2.56 bits per heavy atom. The van der Waals surface area contributed by atoms with E-state index in [1.807, 2.05) is 48.5 Å². The maximum Gasteiger partial charge on any atom is 0.238 e. The van der Waals surface area contributed by atoms with Gasteiger partial charge in [0.25, 0.3) is 0 Å². The van der Waals surface area contributed by atoms with Crippen molar-refractivity contribution in [3.8, 4) is 5.75 Å². The number of hydrogen-bond acceptors (Lipinski definition) is 4. The Morgan fingerprint density at radius 1 is 1.14 bits per heavy atom. The van der Waals surface area contributed by atoms with E-state index >= 15 is 0 Å². The minimum Gasteiger partial charge on any atom is -0.497 e. The first-order valence-corrected chi connectivity index (χ1v) is 11.7. The number of likely N-dealkylation sites (N-methyl/N-ethyl adjacent to an activating group) is 1. The van der Waals surface area contributed by atoms with E-state index in [9.17, 15) is 9.50 Å². The summed E-state index contributed by atoms with van der Waals surface area (Å²) in [5, 5.41) is 18.3. The quantitative estimate of drug-likeness (QED) is 0.202. The fourth-order valence-corrected chi connectivity index (χ4v) is 4.70. The molecule has 1 aliphatic rings. The van der Waals surface area contributed by atoms with Crippen LogP contribution in [0, 0.1) is 5.82 Å². The second kappa shape index (κ2) is 11.7. The van der Waals surface area contributed by atoms with E-state index in [4.69, 9.17) is 16.3 Å². The molecule has 0 bridgehead atoms. The number of aliphatic hydroxyl groups excluding tert-OH is 1. The Bertz CT molecular complexity index is 1310. The van der Waals surface area contributed by atoms with E-state index in [-0.39, 0.29) is 27.7 Å². The number of hydrogen-bond donors (Lipinski definition) is 1. The van der Waals surface area contributed by atoms with Crippen LogP contribution in [0.4, 0.5) is 10.1 Å². The normalized spacial score (nSPS) is 18.4. The van der Waals surface area contributed by atoms with Gasteiger partial charge in [-0.2, -0.15) is 5.10 Å². The summed E-state index contributed by atoms with van der Waals surface area (Å²) >= 11 is 5.92. The molecule has 4 rings (SSSR count). The number of aliphatic hydroxyl groups is 1. The molecule has 1 heterocycles. The summed E-state index contributed by atoms with van der Waals surface area (Å²) in [6.45, 7) is 4.92. The van der Waals surface area contributed by atoms with Crippen LogP contribution in [-0.2, 0) is 28.6 Å². The molecule has 1 unspecified atom stereocenters. The molecule has 36 heavy (non-hydrogen) atoms. The number of fused-ring (bicyclic) bond motifs is 1. The van der Waals surface area contributed by atoms with Gasteiger partial charge in [0.2, 0.25) is 5.90 Å². The first-order chi connectivity index (χ1) is 16.9. The maximum atomic E-state index is 14.3. The molecule has 0 amide bonds. The third kappa shape index (κ3) is 5.48. The number of benzene rings is 3. The summed E-state index contributed by atoms with van der Waals surface area (Å²) in [6, 6.07) is 19.9. The average molecular weight is 551 g/mol. The molecule has 0 fully saturated rings. The summed E-state index contributed by atoms with van der Waals surface area (Å²) in [5.41, 5.74) is 4.02. The van der Waals surface area contributed by atoms with Gasteiger partial charge in [0.05, 0.1) is 18.3 Å². The molecular weight excluding hydrogens is 524 g/mol. The SMILES string of the molecule is CCN1\C(=C/C=N/N=C(\O)c2ccccc2)C(C)(Cc2ccc(Cl)c(F)c2)c2cc(OC)ccc21.[Co]. The standard InChI is InChI=1S/C28H27ClFN3O2.Co/c1-4-33-25-13-11-21(35-3)17-22(25)28(2,18-19-10-12-23(29)24(30)16-19)26(33)14-15-31-32-27(34)20-8-6-5-7-9-20;/h5-17H,4,18H2,1-3H3,(H,32,34);/b26-14-,31-15+;. The number of allylic oxidation sites excluding steroid dienone is 2. The fourth-order valence-electron chi connectivity index (χ4n) is 4.58. The molecule has 189 valence electrons. The molecule has 0 saturated carbocycles. The molecule has 0 aromatic heterocycles. The van der Waals surface area contributed by atoms with Crippen molar-refractivity contribution in [3.63, 3.8) is 0 Å². The molecular formula is C28H27ClCoFN3O2. The van der Waals surface area contributed by atoms with Crippen LogP contribution >= 0.6 is 11.6 Å². The largest absolute Gasteiger partial charge is 0.497 e. The molecule has 1 radical (unpaired) electrons. The van der Waals surface area contributed by atoms with Gasteiger partial charge >= 0.3 is 0 Å². The number of methoxy groups -OCH3 is 1. The molecule has 0 aliphatic carbocycles. The van der Waals surface area contributed by atoms with Gasteiger partial charge < -0.3 is 14.7 Å². The van der Waals surface area contributed by atoms with E-state index < -0.39 is 11.2 Å². The Kier molecular flexibility index (Phi) is 8.95. The predicted octanol–water partition coefficient (Wildman–Crippen LogP) is 6.70. The monoisotopic (exact) mass is 550 g/mol. The van der Waals surface area contributed by atoms with E-state index in [1.54, 1.807) is 31.5 Å². The summed E-state index contributed by atoms with van der Waals surface area (Å²) in [5.74, 6) is 0.147. The second-order valence-electron chi connectivity index (χ2n) is 8.49. The van der Waals surface area contributed by atoms with Gasteiger partial charge in [0.1, 0.15) is 11.6 Å². The number of anilines is 1. The second-order valence-corrected chi connectivity index (χ2v) is 8.90. The van der Waals surface area contributed by atoms with Crippen molar-refractivity contribution in [1.29, 1.82) is 0 Å². The zero-order valence-corrected chi connectivity index (χ0v) is 22.0. The van der Waals surface area contributed by atoms with Crippen molar-refractivity contribution >= 4 is 29.4 Å². The first kappa shape index (κ1) is 27.5. The Morgan fingerprint density at radius 2 is 1.89 bits per heavy atom. The molecule has 3 aromatic carbocycles. The minimum atomic E-state index is -0.503. The first-order valence-electron chi connectivity index (χ1n) is 11.3. The summed E-state index contributed by atoms with van der Waals surface area (Å²) in [4.78, 5) is 2.20. The molecule has 5 nitrogen and oxygen atoms in total. The van der Waals surface area contributed by atoms with E-state index in [1.165, 1.54) is 6.07 Å². The fraction of sp³-hybridized carbons (Fsp3) is 0.214. The molecule has 0 spiro atoms. The Labute approximate surface area is 226 Å². The van der Waals surface area contributed by atoms with Crippen molar-refractivity contribution in [2.75, 3.05) is 18.6 Å². The zero-order valence-electron chi connectivity index (χ0n) is 20.2. The molecule has 1 aliphatic heterocycles. The van der Waals surface area contributed by atoms with Crippen LogP contribution in [0.3, 0.4) is 0 Å². The smallest absolute Gasteiger partial charge is 0.238 e. The van der Waals surface area contributed by atoms with Crippen LogP contribution in [0.2, 0.25) is 5.02 Å². The van der Waals surface area contributed by atoms with Crippen molar-refractivity contribution in [3.05, 3.63) is 106 Å². The van der Waals surface area contributed by atoms with Crippen molar-refractivity contribution < 1.29 is 31.0 Å². The number of halogens is 2. The van der Waals surface area contributed by atoms with Crippen LogP contribution in [-0.4, -0.2) is 30.9 Å². The topological polar surface area (TPSA) is 57.4 Å². The van der Waals surface area contributed by atoms with Gasteiger partial charge in [-0.15, -0.1) is 5.10 Å². The van der Waals surface area contributed by atoms with Crippen molar-refractivity contribution in [1.82, 2.24) is 0 Å². The van der Waals surface area contributed by atoms with Gasteiger partial charge in [-0.3, -0.25) is 0 Å². The molecule has 8 heteroatoms. The van der Waals surface area contributed by atoms with Crippen LogP contribution < -0.4 is 9.64 Å². The Balaban J connectivity index is 0.00000361. The van der Waals surface area contributed by atoms with E-state index in [0.717, 1.165) is 34.8 Å². The molecule has 1 atom stereocenters. The summed E-state index contributed by atoms with van der Waals surface area (Å²) < 4.78 is 19.8. The minimum absolute atomic E-state index is 0. The third-order valence-electron chi connectivity index (χ3n) is 6.29. The van der Waals surface area contributed by atoms with Gasteiger partial charge in [0, 0.05) is 45.7 Å². The zero-order chi connectivity index (χ0) is 25.0. The van der Waals surface area contributed by atoms with Gasteiger partial charge in [-0.1, -0.05) is 35.9 Å². The van der Waals surface area contributed by atoms with Gasteiger partial charge in [0.15, 0.2) is 0 Å². The molecule has 0 saturated heterocycles. The van der Waals surface area contributed by atoms with E-state index in [2.05, 4.69) is 29.0 Å². The van der Waals surface area contributed by atoms with Crippen molar-refractivity contribution in [2.24, 2.45) is 10.2 Å². The number of nitrogens with zero attached hydrogens (tertiary/aromatic N) is 3. The third-order valence-corrected chi connectivity index (χ3v) is 6.59. The van der Waals surface area contributed by atoms with Crippen LogP contribution in [0.25, 0.3) is 0 Å². The number of ether oxygens (including phenoxy) is 1. The van der Waals surface area contributed by atoms with Gasteiger partial charge in [-0.05, 0) is 79.9 Å². The average Bonchev–Trinajstić information content (AvgIpc) is 3.10. The van der Waals surface area contributed by atoms with E-state index in [0.29, 0.717) is 12.0 Å². The van der Waals surface area contributed by atoms with Crippen LogP contribution in [0.15, 0.2) is 88.7 Å². The molecule has 3 aromatic rings.